The number of ether oxygens (including phenoxy) is 2. The smallest absolute Gasteiger partial charge is 0.137 e. The van der Waals surface area contributed by atoms with Crippen LogP contribution in [-0.2, 0) is 11.3 Å². The Hall–Kier alpha value is -0.100. The summed E-state index contributed by atoms with van der Waals surface area (Å²) in [5.41, 5.74) is 1.16. The summed E-state index contributed by atoms with van der Waals surface area (Å²) < 4.78 is 12.9. The van der Waals surface area contributed by atoms with Crippen molar-refractivity contribution in [2.45, 2.75) is 38.0 Å². The van der Waals surface area contributed by atoms with Gasteiger partial charge in [0, 0.05) is 29.7 Å². The number of methoxy groups -OCH3 is 2. The van der Waals surface area contributed by atoms with E-state index in [-0.39, 0.29) is 0 Å². The minimum Gasteiger partial charge on any atom is -0.495 e. The summed E-state index contributed by atoms with van der Waals surface area (Å²) in [5.74, 6) is 0.900. The molecule has 2 atom stereocenters. The summed E-state index contributed by atoms with van der Waals surface area (Å²) in [6, 6.07) is 4.63. The molecule has 106 valence electrons. The lowest BCUT2D eigenvalue weighted by Gasteiger charge is -2.16. The Morgan fingerprint density at radius 2 is 2.05 bits per heavy atom. The maximum atomic E-state index is 5.46. The lowest BCUT2D eigenvalue weighted by molar-refractivity contribution is 0.107. The predicted molar refractivity (Wildman–Crippen MR) is 83.7 cm³/mol. The minimum atomic E-state index is 0.411. The number of hydrogen-bond donors (Lipinski definition) is 1. The molecule has 1 saturated carbocycles. The summed E-state index contributed by atoms with van der Waals surface area (Å²) >= 11 is 7.05. The van der Waals surface area contributed by atoms with Crippen molar-refractivity contribution in [3.63, 3.8) is 0 Å². The van der Waals surface area contributed by atoms with Crippen LogP contribution in [0.5, 0.6) is 5.75 Å². The molecule has 1 aliphatic rings. The second-order valence-electron chi connectivity index (χ2n) is 4.83. The van der Waals surface area contributed by atoms with E-state index in [0.717, 1.165) is 39.6 Å². The summed E-state index contributed by atoms with van der Waals surface area (Å²) in [5, 5.41) is 3.59. The van der Waals surface area contributed by atoms with Crippen molar-refractivity contribution in [3.8, 4) is 5.75 Å². The zero-order valence-electron chi connectivity index (χ0n) is 11.2. The Kier molecular flexibility index (Phi) is 5.69. The number of hydrogen-bond acceptors (Lipinski definition) is 3. The van der Waals surface area contributed by atoms with Crippen LogP contribution in [0.4, 0.5) is 0 Å². The monoisotopic (exact) mass is 391 g/mol. The Labute approximate surface area is 131 Å². The first kappa shape index (κ1) is 15.3. The summed E-state index contributed by atoms with van der Waals surface area (Å²) in [6.45, 7) is 0.808. The highest BCUT2D eigenvalue weighted by Crippen LogP contribution is 2.33. The highest BCUT2D eigenvalue weighted by Gasteiger charge is 2.24. The Balaban J connectivity index is 1.99. The topological polar surface area (TPSA) is 30.5 Å². The molecule has 0 saturated heterocycles. The van der Waals surface area contributed by atoms with Crippen LogP contribution >= 0.6 is 31.9 Å². The third-order valence-electron chi connectivity index (χ3n) is 3.59. The van der Waals surface area contributed by atoms with Crippen molar-refractivity contribution in [3.05, 3.63) is 26.6 Å². The third-order valence-corrected chi connectivity index (χ3v) is 4.64. The summed E-state index contributed by atoms with van der Waals surface area (Å²) in [6.07, 6.45) is 3.82. The number of nitrogens with one attached hydrogen (secondary N) is 1. The maximum Gasteiger partial charge on any atom is 0.137 e. The zero-order valence-corrected chi connectivity index (χ0v) is 14.4. The zero-order chi connectivity index (χ0) is 13.8. The fraction of sp³-hybridized carbons (Fsp3) is 0.571. The average molecular weight is 393 g/mol. The standard InChI is InChI=1S/C14H19Br2NO2/c1-18-12-4-3-11(7-12)17-8-9-5-10(15)6-13(16)14(9)19-2/h5-6,11-12,17H,3-4,7-8H2,1-2H3. The van der Waals surface area contributed by atoms with Crippen molar-refractivity contribution >= 4 is 31.9 Å². The number of benzene rings is 1. The van der Waals surface area contributed by atoms with Gasteiger partial charge in [-0.25, -0.2) is 0 Å². The van der Waals surface area contributed by atoms with Crippen LogP contribution in [0.25, 0.3) is 0 Å². The lowest BCUT2D eigenvalue weighted by atomic mass is 10.1. The SMILES string of the molecule is COc1c(Br)cc(Br)cc1CNC1CCC(OC)C1. The van der Waals surface area contributed by atoms with E-state index in [1.807, 2.05) is 6.07 Å². The number of rotatable bonds is 5. The van der Waals surface area contributed by atoms with E-state index in [4.69, 9.17) is 9.47 Å². The van der Waals surface area contributed by atoms with Crippen LogP contribution in [0.1, 0.15) is 24.8 Å². The fourth-order valence-corrected chi connectivity index (χ4v) is 4.04. The van der Waals surface area contributed by atoms with Gasteiger partial charge in [0.05, 0.1) is 17.7 Å². The van der Waals surface area contributed by atoms with Gasteiger partial charge in [0.2, 0.25) is 0 Å². The van der Waals surface area contributed by atoms with Gasteiger partial charge in [-0.05, 0) is 47.3 Å². The molecule has 0 aromatic heterocycles. The molecule has 1 aromatic rings. The van der Waals surface area contributed by atoms with E-state index in [1.54, 1.807) is 14.2 Å². The molecule has 0 bridgehead atoms. The van der Waals surface area contributed by atoms with Gasteiger partial charge in [-0.15, -0.1) is 0 Å². The Morgan fingerprint density at radius 3 is 2.68 bits per heavy atom. The van der Waals surface area contributed by atoms with Crippen LogP contribution in [0, 0.1) is 0 Å². The van der Waals surface area contributed by atoms with Crippen LogP contribution in [0.15, 0.2) is 21.1 Å². The number of halogens is 2. The molecule has 0 spiro atoms. The average Bonchev–Trinajstić information content (AvgIpc) is 2.83. The predicted octanol–water partition coefficient (Wildman–Crippen LogP) is 3.88. The van der Waals surface area contributed by atoms with Crippen molar-refractivity contribution in [2.75, 3.05) is 14.2 Å². The normalized spacial score (nSPS) is 22.7. The second-order valence-corrected chi connectivity index (χ2v) is 6.60. The first-order chi connectivity index (χ1) is 9.13. The summed E-state index contributed by atoms with van der Waals surface area (Å²) in [7, 11) is 3.50. The van der Waals surface area contributed by atoms with Gasteiger partial charge in [0.15, 0.2) is 0 Å². The van der Waals surface area contributed by atoms with E-state index in [1.165, 1.54) is 6.42 Å². The fourth-order valence-electron chi connectivity index (χ4n) is 2.57. The lowest BCUT2D eigenvalue weighted by Crippen LogP contribution is -2.26. The molecule has 3 nitrogen and oxygen atoms in total. The van der Waals surface area contributed by atoms with Crippen molar-refractivity contribution in [1.29, 1.82) is 0 Å². The van der Waals surface area contributed by atoms with Gasteiger partial charge in [-0.3, -0.25) is 0 Å². The molecule has 1 fully saturated rings. The quantitative estimate of drug-likeness (QED) is 0.824. The molecule has 5 heteroatoms. The molecule has 0 heterocycles. The molecule has 1 aliphatic carbocycles. The largest absolute Gasteiger partial charge is 0.495 e. The first-order valence-corrected chi connectivity index (χ1v) is 8.00. The molecule has 19 heavy (non-hydrogen) atoms. The van der Waals surface area contributed by atoms with Crippen LogP contribution in [0.2, 0.25) is 0 Å². The van der Waals surface area contributed by atoms with Crippen LogP contribution in [0.3, 0.4) is 0 Å². The summed E-state index contributed by atoms with van der Waals surface area (Å²) in [4.78, 5) is 0. The van der Waals surface area contributed by atoms with Gasteiger partial charge in [-0.2, -0.15) is 0 Å². The molecule has 2 unspecified atom stereocenters. The molecule has 0 radical (unpaired) electrons. The van der Waals surface area contributed by atoms with E-state index in [0.29, 0.717) is 12.1 Å². The van der Waals surface area contributed by atoms with Gasteiger partial charge in [0.1, 0.15) is 5.75 Å². The molecule has 0 amide bonds. The molecule has 1 aromatic carbocycles. The van der Waals surface area contributed by atoms with Gasteiger partial charge >= 0.3 is 0 Å². The molecular weight excluding hydrogens is 374 g/mol. The molecule has 0 aliphatic heterocycles. The van der Waals surface area contributed by atoms with E-state index in [9.17, 15) is 0 Å². The van der Waals surface area contributed by atoms with Crippen LogP contribution in [-0.4, -0.2) is 26.4 Å². The van der Waals surface area contributed by atoms with Crippen molar-refractivity contribution < 1.29 is 9.47 Å². The highest BCUT2D eigenvalue weighted by atomic mass is 79.9. The highest BCUT2D eigenvalue weighted by molar-refractivity contribution is 9.11. The van der Waals surface area contributed by atoms with Crippen LogP contribution < -0.4 is 10.1 Å². The van der Waals surface area contributed by atoms with Gasteiger partial charge in [-0.1, -0.05) is 15.9 Å². The Morgan fingerprint density at radius 1 is 1.26 bits per heavy atom. The molecular formula is C14H19Br2NO2. The van der Waals surface area contributed by atoms with E-state index in [2.05, 4.69) is 43.2 Å². The molecule has 2 rings (SSSR count). The molecule has 1 N–H and O–H groups in total. The third kappa shape index (κ3) is 3.94. The minimum absolute atomic E-state index is 0.411. The van der Waals surface area contributed by atoms with Gasteiger partial charge < -0.3 is 14.8 Å². The Bertz CT molecular complexity index is 440. The van der Waals surface area contributed by atoms with Gasteiger partial charge in [0.25, 0.3) is 0 Å². The second kappa shape index (κ2) is 7.07. The maximum absolute atomic E-state index is 5.46. The van der Waals surface area contributed by atoms with Crippen molar-refractivity contribution in [2.24, 2.45) is 0 Å². The first-order valence-electron chi connectivity index (χ1n) is 6.42. The van der Waals surface area contributed by atoms with Crippen molar-refractivity contribution in [1.82, 2.24) is 5.32 Å². The van der Waals surface area contributed by atoms with E-state index >= 15 is 0 Å². The van der Waals surface area contributed by atoms with E-state index < -0.39 is 0 Å².